The Morgan fingerprint density at radius 2 is 1.71 bits per heavy atom. The Bertz CT molecular complexity index is 1280. The normalized spacial score (nSPS) is 10.4. The lowest BCUT2D eigenvalue weighted by Gasteiger charge is -2.10. The molecule has 4 aromatic rings. The number of nitrogens with zero attached hydrogens (tertiary/aromatic N) is 3. The Hall–Kier alpha value is -4.08. The third-order valence-corrected chi connectivity index (χ3v) is 5.01. The fraction of sp³-hybridized carbons (Fsp3) is 0.0417. The fourth-order valence-electron chi connectivity index (χ4n) is 3.21. The van der Waals surface area contributed by atoms with Gasteiger partial charge in [0.2, 0.25) is 0 Å². The van der Waals surface area contributed by atoms with Crippen LogP contribution in [0.2, 0.25) is 5.02 Å². The molecule has 7 heteroatoms. The molecule has 0 aliphatic rings. The van der Waals surface area contributed by atoms with Crippen molar-refractivity contribution in [2.24, 2.45) is 0 Å². The highest BCUT2D eigenvalue weighted by atomic mass is 35.5. The minimum absolute atomic E-state index is 0.0112. The molecular weight excluding hydrogens is 412 g/mol. The molecule has 0 aliphatic carbocycles. The molecule has 0 atom stereocenters. The average molecular weight is 429 g/mol. The van der Waals surface area contributed by atoms with E-state index in [1.807, 2.05) is 36.4 Å². The van der Waals surface area contributed by atoms with Crippen LogP contribution in [0.15, 0.2) is 78.9 Å². The molecule has 0 aliphatic heterocycles. The summed E-state index contributed by atoms with van der Waals surface area (Å²) in [6.07, 6.45) is 0. The number of aromatic nitrogens is 2. The smallest absolute Gasteiger partial charge is 0.277 e. The van der Waals surface area contributed by atoms with Crippen molar-refractivity contribution in [1.29, 1.82) is 5.26 Å². The SMILES string of the molecule is COc1ccc(-c2c(C#N)c(C(=O)Nc3ccccc3)nn2-c2ccccc2Cl)cc1. The van der Waals surface area contributed by atoms with Crippen LogP contribution >= 0.6 is 11.6 Å². The van der Waals surface area contributed by atoms with Crippen molar-refractivity contribution in [2.45, 2.75) is 0 Å². The van der Waals surface area contributed by atoms with E-state index in [-0.39, 0.29) is 11.3 Å². The van der Waals surface area contributed by atoms with E-state index in [0.717, 1.165) is 0 Å². The first-order valence-corrected chi connectivity index (χ1v) is 9.79. The van der Waals surface area contributed by atoms with E-state index >= 15 is 0 Å². The topological polar surface area (TPSA) is 79.9 Å². The van der Waals surface area contributed by atoms with Gasteiger partial charge in [-0.25, -0.2) is 4.68 Å². The van der Waals surface area contributed by atoms with Crippen molar-refractivity contribution in [1.82, 2.24) is 9.78 Å². The minimum atomic E-state index is -0.483. The quantitative estimate of drug-likeness (QED) is 0.466. The third kappa shape index (κ3) is 4.00. The van der Waals surface area contributed by atoms with Crippen LogP contribution in [0, 0.1) is 11.3 Å². The number of methoxy groups -OCH3 is 1. The number of nitriles is 1. The zero-order valence-corrected chi connectivity index (χ0v) is 17.3. The lowest BCUT2D eigenvalue weighted by atomic mass is 10.1. The standard InChI is InChI=1S/C24H17ClN4O2/c1-31-18-13-11-16(12-14-18)23-19(15-26)22(24(30)27-17-7-3-2-4-8-17)28-29(23)21-10-6-5-9-20(21)25/h2-14H,1H3,(H,27,30). The number of hydrogen-bond donors (Lipinski definition) is 1. The summed E-state index contributed by atoms with van der Waals surface area (Å²) >= 11 is 6.42. The zero-order valence-electron chi connectivity index (χ0n) is 16.5. The molecule has 31 heavy (non-hydrogen) atoms. The number of carbonyl (C=O) groups excluding carboxylic acids is 1. The van der Waals surface area contributed by atoms with E-state index in [1.54, 1.807) is 49.6 Å². The highest BCUT2D eigenvalue weighted by Gasteiger charge is 2.26. The second-order valence-corrected chi connectivity index (χ2v) is 7.00. The number of rotatable bonds is 5. The number of hydrogen-bond acceptors (Lipinski definition) is 4. The number of amides is 1. The van der Waals surface area contributed by atoms with Crippen molar-refractivity contribution in [2.75, 3.05) is 12.4 Å². The molecule has 1 heterocycles. The van der Waals surface area contributed by atoms with Crippen LogP contribution in [0.3, 0.4) is 0 Å². The molecule has 0 radical (unpaired) electrons. The van der Waals surface area contributed by atoms with Gasteiger partial charge in [0.05, 0.1) is 23.5 Å². The van der Waals surface area contributed by atoms with E-state index in [4.69, 9.17) is 16.3 Å². The number of nitrogens with one attached hydrogen (secondary N) is 1. The Morgan fingerprint density at radius 3 is 2.35 bits per heavy atom. The van der Waals surface area contributed by atoms with Gasteiger partial charge in [-0.2, -0.15) is 10.4 Å². The van der Waals surface area contributed by atoms with Crippen molar-refractivity contribution < 1.29 is 9.53 Å². The molecule has 0 unspecified atom stereocenters. The summed E-state index contributed by atoms with van der Waals surface area (Å²) in [5, 5.41) is 17.7. The Labute approximate surface area is 184 Å². The van der Waals surface area contributed by atoms with Crippen LogP contribution in [0.5, 0.6) is 5.75 Å². The monoisotopic (exact) mass is 428 g/mol. The van der Waals surface area contributed by atoms with Gasteiger partial charge in [0.15, 0.2) is 5.69 Å². The highest BCUT2D eigenvalue weighted by Crippen LogP contribution is 2.32. The summed E-state index contributed by atoms with van der Waals surface area (Å²) in [4.78, 5) is 13.0. The van der Waals surface area contributed by atoms with Crippen LogP contribution in [-0.2, 0) is 0 Å². The largest absolute Gasteiger partial charge is 0.497 e. The number of ether oxygens (including phenoxy) is 1. The third-order valence-electron chi connectivity index (χ3n) is 4.69. The number of benzene rings is 3. The van der Waals surface area contributed by atoms with Crippen molar-refractivity contribution in [3.8, 4) is 28.8 Å². The van der Waals surface area contributed by atoms with Crippen LogP contribution in [-0.4, -0.2) is 22.8 Å². The number of carbonyl (C=O) groups is 1. The van der Waals surface area contributed by atoms with Gasteiger partial charge in [-0.3, -0.25) is 4.79 Å². The zero-order chi connectivity index (χ0) is 21.8. The first-order chi connectivity index (χ1) is 15.1. The molecule has 0 bridgehead atoms. The summed E-state index contributed by atoms with van der Waals surface area (Å²) in [6.45, 7) is 0. The van der Waals surface area contributed by atoms with Gasteiger partial charge in [-0.05, 0) is 48.5 Å². The maximum Gasteiger partial charge on any atom is 0.277 e. The van der Waals surface area contributed by atoms with Gasteiger partial charge in [0, 0.05) is 11.3 Å². The first-order valence-electron chi connectivity index (χ1n) is 9.41. The van der Waals surface area contributed by atoms with E-state index in [1.165, 1.54) is 4.68 Å². The lowest BCUT2D eigenvalue weighted by Crippen LogP contribution is -2.14. The molecule has 1 amide bonds. The maximum atomic E-state index is 13.0. The summed E-state index contributed by atoms with van der Waals surface area (Å²) < 4.78 is 6.76. The van der Waals surface area contributed by atoms with Gasteiger partial charge >= 0.3 is 0 Å². The molecule has 0 saturated heterocycles. The van der Waals surface area contributed by atoms with E-state index in [9.17, 15) is 10.1 Å². The first kappa shape index (κ1) is 20.2. The van der Waals surface area contributed by atoms with Crippen LogP contribution in [0.25, 0.3) is 16.9 Å². The molecule has 1 N–H and O–H groups in total. The highest BCUT2D eigenvalue weighted by molar-refractivity contribution is 6.32. The second-order valence-electron chi connectivity index (χ2n) is 6.60. The Morgan fingerprint density at radius 1 is 1.03 bits per heavy atom. The van der Waals surface area contributed by atoms with Crippen LogP contribution in [0.1, 0.15) is 16.1 Å². The van der Waals surface area contributed by atoms with Gasteiger partial charge in [0.1, 0.15) is 17.4 Å². The molecule has 4 rings (SSSR count). The van der Waals surface area contributed by atoms with Gasteiger partial charge in [-0.15, -0.1) is 0 Å². The number of para-hydroxylation sites is 2. The Kier molecular flexibility index (Phi) is 5.69. The average Bonchev–Trinajstić information content (AvgIpc) is 3.19. The summed E-state index contributed by atoms with van der Waals surface area (Å²) in [5.74, 6) is 0.191. The molecule has 0 spiro atoms. The number of halogens is 1. The molecule has 1 aromatic heterocycles. The van der Waals surface area contributed by atoms with Crippen molar-refractivity contribution in [3.05, 3.63) is 95.1 Å². The van der Waals surface area contributed by atoms with Crippen molar-refractivity contribution >= 4 is 23.2 Å². The van der Waals surface area contributed by atoms with Gasteiger partial charge in [-0.1, -0.05) is 41.9 Å². The minimum Gasteiger partial charge on any atom is -0.497 e. The van der Waals surface area contributed by atoms with Crippen molar-refractivity contribution in [3.63, 3.8) is 0 Å². The predicted molar refractivity (Wildman–Crippen MR) is 120 cm³/mol. The van der Waals surface area contributed by atoms with Crippen LogP contribution in [0.4, 0.5) is 5.69 Å². The fourth-order valence-corrected chi connectivity index (χ4v) is 3.42. The van der Waals surface area contributed by atoms with E-state index < -0.39 is 5.91 Å². The van der Waals surface area contributed by atoms with E-state index in [2.05, 4.69) is 16.5 Å². The molecule has 152 valence electrons. The summed E-state index contributed by atoms with van der Waals surface area (Å²) in [5.41, 5.74) is 2.50. The summed E-state index contributed by atoms with van der Waals surface area (Å²) in [6, 6.07) is 25.5. The molecule has 0 saturated carbocycles. The lowest BCUT2D eigenvalue weighted by molar-refractivity contribution is 0.102. The molecular formula is C24H17ClN4O2. The van der Waals surface area contributed by atoms with Gasteiger partial charge in [0.25, 0.3) is 5.91 Å². The Balaban J connectivity index is 1.90. The molecule has 3 aromatic carbocycles. The molecule has 6 nitrogen and oxygen atoms in total. The van der Waals surface area contributed by atoms with Gasteiger partial charge < -0.3 is 10.1 Å². The van der Waals surface area contributed by atoms with Crippen LogP contribution < -0.4 is 10.1 Å². The second kappa shape index (κ2) is 8.74. The summed E-state index contributed by atoms with van der Waals surface area (Å²) in [7, 11) is 1.58. The number of anilines is 1. The molecule has 0 fully saturated rings. The van der Waals surface area contributed by atoms with E-state index in [0.29, 0.717) is 33.4 Å². The predicted octanol–water partition coefficient (Wildman–Crippen LogP) is 5.33. The maximum absolute atomic E-state index is 13.0.